The number of hydrogen-bond donors (Lipinski definition) is 0. The summed E-state index contributed by atoms with van der Waals surface area (Å²) in [4.78, 5) is 10.5. The lowest BCUT2D eigenvalue weighted by Gasteiger charge is -2.30. The predicted molar refractivity (Wildman–Crippen MR) is 41.8 cm³/mol. The van der Waals surface area contributed by atoms with Crippen molar-refractivity contribution in [2.45, 2.75) is 39.5 Å². The summed E-state index contributed by atoms with van der Waals surface area (Å²) < 4.78 is 0. The molecule has 0 aromatic rings. The Hall–Kier alpha value is -0.330. The van der Waals surface area contributed by atoms with Gasteiger partial charge in [0.1, 0.15) is 6.29 Å². The molecule has 0 amide bonds. The summed E-state index contributed by atoms with van der Waals surface area (Å²) in [7, 11) is 0. The van der Waals surface area contributed by atoms with Gasteiger partial charge >= 0.3 is 0 Å². The van der Waals surface area contributed by atoms with Gasteiger partial charge in [0.15, 0.2) is 0 Å². The van der Waals surface area contributed by atoms with E-state index >= 15 is 0 Å². The minimum absolute atomic E-state index is 0.0644. The highest BCUT2D eigenvalue weighted by atomic mass is 16.1. The van der Waals surface area contributed by atoms with E-state index in [0.717, 1.165) is 18.6 Å². The highest BCUT2D eigenvalue weighted by molar-refractivity contribution is 5.57. The number of aldehydes is 1. The lowest BCUT2D eigenvalue weighted by Crippen LogP contribution is -2.22. The van der Waals surface area contributed by atoms with Crippen molar-refractivity contribution in [3.63, 3.8) is 0 Å². The molecule has 1 heteroatoms. The first-order valence-electron chi connectivity index (χ1n) is 4.10. The smallest absolute Gasteiger partial charge is 0.125 e. The number of rotatable bonds is 3. The van der Waals surface area contributed by atoms with Gasteiger partial charge in [0.05, 0.1) is 0 Å². The Labute approximate surface area is 62.8 Å². The van der Waals surface area contributed by atoms with Crippen LogP contribution in [0.3, 0.4) is 0 Å². The number of hydrogen-bond acceptors (Lipinski definition) is 1. The van der Waals surface area contributed by atoms with E-state index in [9.17, 15) is 4.79 Å². The van der Waals surface area contributed by atoms with E-state index < -0.39 is 0 Å². The second-order valence-electron chi connectivity index (χ2n) is 4.11. The maximum atomic E-state index is 10.5. The van der Waals surface area contributed by atoms with Crippen LogP contribution in [-0.4, -0.2) is 6.29 Å². The summed E-state index contributed by atoms with van der Waals surface area (Å²) in [6, 6.07) is 0. The van der Waals surface area contributed by atoms with Gasteiger partial charge in [-0.25, -0.2) is 0 Å². The largest absolute Gasteiger partial charge is 0.303 e. The van der Waals surface area contributed by atoms with Crippen LogP contribution in [0, 0.1) is 11.3 Å². The summed E-state index contributed by atoms with van der Waals surface area (Å²) in [5.74, 6) is 0.847. The second-order valence-corrected chi connectivity index (χ2v) is 4.11. The van der Waals surface area contributed by atoms with Crippen LogP contribution in [0.25, 0.3) is 0 Å². The van der Waals surface area contributed by atoms with Crippen molar-refractivity contribution in [1.82, 2.24) is 0 Å². The Morgan fingerprint density at radius 2 is 2.10 bits per heavy atom. The summed E-state index contributed by atoms with van der Waals surface area (Å²) in [5.41, 5.74) is -0.0644. The molecule has 1 rings (SSSR count). The van der Waals surface area contributed by atoms with Gasteiger partial charge in [-0.15, -0.1) is 0 Å². The van der Waals surface area contributed by atoms with Crippen LogP contribution >= 0.6 is 0 Å². The number of carbonyl (C=O) groups excluding carboxylic acids is 1. The molecule has 1 fully saturated rings. The quantitative estimate of drug-likeness (QED) is 0.550. The average molecular weight is 140 g/mol. The third-order valence-corrected chi connectivity index (χ3v) is 2.36. The fraction of sp³-hybridized carbons (Fsp3) is 0.889. The van der Waals surface area contributed by atoms with Crippen molar-refractivity contribution in [2.75, 3.05) is 0 Å². The van der Waals surface area contributed by atoms with Crippen molar-refractivity contribution >= 4 is 6.29 Å². The van der Waals surface area contributed by atoms with Crippen molar-refractivity contribution in [1.29, 1.82) is 0 Å². The molecule has 0 heterocycles. The molecule has 0 aromatic heterocycles. The third kappa shape index (κ3) is 1.83. The van der Waals surface area contributed by atoms with Gasteiger partial charge in [-0.3, -0.25) is 0 Å². The minimum Gasteiger partial charge on any atom is -0.303 e. The lowest BCUT2D eigenvalue weighted by atomic mass is 9.74. The van der Waals surface area contributed by atoms with E-state index in [1.54, 1.807) is 0 Å². The monoisotopic (exact) mass is 140 g/mol. The first-order valence-corrected chi connectivity index (χ1v) is 4.10. The molecule has 1 aliphatic carbocycles. The predicted octanol–water partition coefficient (Wildman–Crippen LogP) is 2.40. The topological polar surface area (TPSA) is 17.1 Å². The van der Waals surface area contributed by atoms with Crippen molar-refractivity contribution in [2.24, 2.45) is 11.3 Å². The highest BCUT2D eigenvalue weighted by Gasteiger charge is 2.26. The molecular weight excluding hydrogens is 124 g/mol. The molecule has 0 saturated heterocycles. The van der Waals surface area contributed by atoms with Gasteiger partial charge in [0, 0.05) is 5.41 Å². The first-order chi connectivity index (χ1) is 4.64. The Morgan fingerprint density at radius 3 is 2.40 bits per heavy atom. The molecular formula is C9H16O. The van der Waals surface area contributed by atoms with E-state index in [1.165, 1.54) is 19.3 Å². The summed E-state index contributed by atoms with van der Waals surface area (Å²) in [5, 5.41) is 0. The van der Waals surface area contributed by atoms with Crippen LogP contribution < -0.4 is 0 Å². The molecule has 58 valence electrons. The summed E-state index contributed by atoms with van der Waals surface area (Å²) in [6.45, 7) is 4.05. The second kappa shape index (κ2) is 2.73. The zero-order valence-electron chi connectivity index (χ0n) is 6.89. The molecule has 0 spiro atoms. The molecule has 0 unspecified atom stereocenters. The average Bonchev–Trinajstić information content (AvgIpc) is 1.80. The number of carbonyl (C=O) groups is 1. The summed E-state index contributed by atoms with van der Waals surface area (Å²) in [6.07, 6.45) is 6.25. The van der Waals surface area contributed by atoms with Crippen LogP contribution in [0.4, 0.5) is 0 Å². The standard InChI is InChI=1S/C9H16O/c1-9(2,7-10)6-8-4-3-5-8/h7-8H,3-6H2,1-2H3. The zero-order valence-corrected chi connectivity index (χ0v) is 6.89. The molecule has 0 aromatic carbocycles. The maximum absolute atomic E-state index is 10.5. The molecule has 10 heavy (non-hydrogen) atoms. The highest BCUT2D eigenvalue weighted by Crippen LogP contribution is 2.35. The molecule has 0 N–H and O–H groups in total. The van der Waals surface area contributed by atoms with Crippen molar-refractivity contribution in [3.8, 4) is 0 Å². The van der Waals surface area contributed by atoms with Gasteiger partial charge in [0.2, 0.25) is 0 Å². The molecule has 0 bridgehead atoms. The van der Waals surface area contributed by atoms with Gasteiger partial charge in [0.25, 0.3) is 0 Å². The van der Waals surface area contributed by atoms with Gasteiger partial charge in [-0.2, -0.15) is 0 Å². The van der Waals surface area contributed by atoms with Gasteiger partial charge in [-0.05, 0) is 12.3 Å². The van der Waals surface area contributed by atoms with Gasteiger partial charge in [-0.1, -0.05) is 33.1 Å². The first kappa shape index (κ1) is 7.77. The Kier molecular flexibility index (Phi) is 2.12. The van der Waals surface area contributed by atoms with E-state index in [2.05, 4.69) is 0 Å². The molecule has 1 aliphatic rings. The van der Waals surface area contributed by atoms with Crippen LogP contribution in [0.2, 0.25) is 0 Å². The Morgan fingerprint density at radius 1 is 1.50 bits per heavy atom. The molecule has 0 aliphatic heterocycles. The van der Waals surface area contributed by atoms with E-state index in [0.29, 0.717) is 0 Å². The summed E-state index contributed by atoms with van der Waals surface area (Å²) >= 11 is 0. The Balaban J connectivity index is 2.27. The third-order valence-electron chi connectivity index (χ3n) is 2.36. The van der Waals surface area contributed by atoms with E-state index in [1.807, 2.05) is 13.8 Å². The molecule has 0 radical (unpaired) electrons. The normalized spacial score (nSPS) is 20.2. The lowest BCUT2D eigenvalue weighted by molar-refractivity contribution is -0.115. The Bertz CT molecular complexity index is 123. The van der Waals surface area contributed by atoms with Crippen LogP contribution in [0.15, 0.2) is 0 Å². The zero-order chi connectivity index (χ0) is 7.61. The molecule has 1 saturated carbocycles. The van der Waals surface area contributed by atoms with E-state index in [4.69, 9.17) is 0 Å². The van der Waals surface area contributed by atoms with Crippen LogP contribution in [-0.2, 0) is 4.79 Å². The fourth-order valence-electron chi connectivity index (χ4n) is 1.49. The fourth-order valence-corrected chi connectivity index (χ4v) is 1.49. The van der Waals surface area contributed by atoms with Crippen LogP contribution in [0.5, 0.6) is 0 Å². The molecule has 1 nitrogen and oxygen atoms in total. The maximum Gasteiger partial charge on any atom is 0.125 e. The van der Waals surface area contributed by atoms with Crippen LogP contribution in [0.1, 0.15) is 39.5 Å². The molecule has 0 atom stereocenters. The SMILES string of the molecule is CC(C)(C=O)CC1CCC1. The van der Waals surface area contributed by atoms with Crippen molar-refractivity contribution in [3.05, 3.63) is 0 Å². The van der Waals surface area contributed by atoms with E-state index in [-0.39, 0.29) is 5.41 Å². The van der Waals surface area contributed by atoms with Crippen molar-refractivity contribution < 1.29 is 4.79 Å². The minimum atomic E-state index is -0.0644. The van der Waals surface area contributed by atoms with Gasteiger partial charge < -0.3 is 4.79 Å².